The molecule has 0 spiro atoms. The number of aliphatic hydroxyl groups is 1. The maximum absolute atomic E-state index is 12.4. The number of β-amino-alcohol motifs (C(OH)–C–C–N with tert-alkyl or cyclic N) is 1. The Morgan fingerprint density at radius 3 is 2.70 bits per heavy atom. The summed E-state index contributed by atoms with van der Waals surface area (Å²) in [5, 5.41) is 10.1. The molecule has 2 fully saturated rings. The number of hydrogen-bond acceptors (Lipinski definition) is 5. The smallest absolute Gasteiger partial charge is 0.260 e. The van der Waals surface area contributed by atoms with Crippen molar-refractivity contribution in [3.8, 4) is 5.75 Å². The van der Waals surface area contributed by atoms with Crippen LogP contribution in [-0.4, -0.2) is 72.4 Å². The fourth-order valence-electron chi connectivity index (χ4n) is 3.84. The van der Waals surface area contributed by atoms with Gasteiger partial charge in [0.25, 0.3) is 5.91 Å². The number of rotatable bonds is 7. The predicted molar refractivity (Wildman–Crippen MR) is 104 cm³/mol. The van der Waals surface area contributed by atoms with Gasteiger partial charge in [0.1, 0.15) is 5.75 Å². The number of piperidine rings is 1. The van der Waals surface area contributed by atoms with Crippen LogP contribution in [0.3, 0.4) is 0 Å². The summed E-state index contributed by atoms with van der Waals surface area (Å²) in [6, 6.07) is 7.83. The Morgan fingerprint density at radius 1 is 1.22 bits per heavy atom. The number of ether oxygens (including phenoxy) is 2. The lowest BCUT2D eigenvalue weighted by molar-refractivity contribution is -0.134. The van der Waals surface area contributed by atoms with Crippen molar-refractivity contribution in [1.29, 1.82) is 0 Å². The van der Waals surface area contributed by atoms with Crippen LogP contribution in [-0.2, 0) is 16.1 Å². The molecule has 150 valence electrons. The van der Waals surface area contributed by atoms with Crippen molar-refractivity contribution in [3.63, 3.8) is 0 Å². The summed E-state index contributed by atoms with van der Waals surface area (Å²) in [4.78, 5) is 16.5. The van der Waals surface area contributed by atoms with Gasteiger partial charge in [-0.2, -0.15) is 0 Å². The van der Waals surface area contributed by atoms with Crippen LogP contribution in [0.15, 0.2) is 24.3 Å². The largest absolute Gasteiger partial charge is 0.483 e. The highest BCUT2D eigenvalue weighted by Gasteiger charge is 2.32. The lowest BCUT2D eigenvalue weighted by Gasteiger charge is -2.30. The van der Waals surface area contributed by atoms with Gasteiger partial charge in [-0.15, -0.1) is 0 Å². The van der Waals surface area contributed by atoms with Gasteiger partial charge in [0.2, 0.25) is 0 Å². The van der Waals surface area contributed by atoms with Gasteiger partial charge in [-0.25, -0.2) is 0 Å². The molecule has 0 aliphatic carbocycles. The van der Waals surface area contributed by atoms with Crippen molar-refractivity contribution in [3.05, 3.63) is 29.8 Å². The molecule has 3 rings (SSSR count). The molecular formula is C21H32N2O4. The molecule has 1 aromatic rings. The SMILES string of the molecule is CCO[C@H]1CN(Cc2ccccc2OCC(=O)N2CCC(C)CC2)C[C@@H]1O. The average Bonchev–Trinajstić information content (AvgIpc) is 3.01. The monoisotopic (exact) mass is 376 g/mol. The first kappa shape index (κ1) is 20.1. The summed E-state index contributed by atoms with van der Waals surface area (Å²) in [7, 11) is 0. The van der Waals surface area contributed by atoms with Crippen LogP contribution in [0.5, 0.6) is 5.75 Å². The summed E-state index contributed by atoms with van der Waals surface area (Å²) in [5.74, 6) is 1.50. The molecule has 6 heteroatoms. The number of benzene rings is 1. The summed E-state index contributed by atoms with van der Waals surface area (Å²) < 4.78 is 11.5. The molecule has 0 saturated carbocycles. The summed E-state index contributed by atoms with van der Waals surface area (Å²) >= 11 is 0. The van der Waals surface area contributed by atoms with Crippen molar-refractivity contribution in [2.24, 2.45) is 5.92 Å². The number of carbonyl (C=O) groups is 1. The van der Waals surface area contributed by atoms with E-state index in [-0.39, 0.29) is 18.6 Å². The number of nitrogens with zero attached hydrogens (tertiary/aromatic N) is 2. The van der Waals surface area contributed by atoms with Crippen LogP contribution in [0, 0.1) is 5.92 Å². The van der Waals surface area contributed by atoms with Gasteiger partial charge < -0.3 is 19.5 Å². The third kappa shape index (κ3) is 5.43. The predicted octanol–water partition coefficient (Wildman–Crippen LogP) is 1.91. The minimum Gasteiger partial charge on any atom is -0.483 e. The first-order chi connectivity index (χ1) is 13.1. The Bertz CT molecular complexity index is 616. The van der Waals surface area contributed by atoms with Gasteiger partial charge in [-0.3, -0.25) is 9.69 Å². The van der Waals surface area contributed by atoms with E-state index in [1.54, 1.807) is 0 Å². The van der Waals surface area contributed by atoms with E-state index in [0.29, 0.717) is 32.2 Å². The molecule has 0 aromatic heterocycles. The minimum atomic E-state index is -0.457. The highest BCUT2D eigenvalue weighted by molar-refractivity contribution is 5.77. The maximum atomic E-state index is 12.4. The van der Waals surface area contributed by atoms with Crippen molar-refractivity contribution >= 4 is 5.91 Å². The number of likely N-dealkylation sites (tertiary alicyclic amines) is 2. The molecule has 2 aliphatic rings. The van der Waals surface area contributed by atoms with Crippen LogP contribution < -0.4 is 4.74 Å². The van der Waals surface area contributed by atoms with E-state index in [4.69, 9.17) is 9.47 Å². The van der Waals surface area contributed by atoms with Crippen LogP contribution in [0.1, 0.15) is 32.3 Å². The number of amides is 1. The summed E-state index contributed by atoms with van der Waals surface area (Å²) in [5.41, 5.74) is 1.03. The van der Waals surface area contributed by atoms with Crippen LogP contribution >= 0.6 is 0 Å². The standard InChI is InChI=1S/C21H32N2O4/c1-3-26-20-14-22(13-18(20)24)12-17-6-4-5-7-19(17)27-15-21(25)23-10-8-16(2)9-11-23/h4-7,16,18,20,24H,3,8-15H2,1-2H3/t18-,20-/m0/s1. The van der Waals surface area contributed by atoms with Crippen molar-refractivity contribution in [2.45, 2.75) is 45.4 Å². The first-order valence-electron chi connectivity index (χ1n) is 10.1. The third-order valence-electron chi connectivity index (χ3n) is 5.55. The zero-order valence-electron chi connectivity index (χ0n) is 16.5. The maximum Gasteiger partial charge on any atom is 0.260 e. The molecule has 0 radical (unpaired) electrons. The van der Waals surface area contributed by atoms with Gasteiger partial charge in [0.15, 0.2) is 6.61 Å². The van der Waals surface area contributed by atoms with E-state index in [0.717, 1.165) is 37.2 Å². The van der Waals surface area contributed by atoms with Crippen molar-refractivity contribution in [2.75, 3.05) is 39.4 Å². The third-order valence-corrected chi connectivity index (χ3v) is 5.55. The molecule has 2 heterocycles. The van der Waals surface area contributed by atoms with Crippen molar-refractivity contribution in [1.82, 2.24) is 9.80 Å². The summed E-state index contributed by atoms with van der Waals surface area (Å²) in [6.07, 6.45) is 1.55. The molecule has 2 aliphatic heterocycles. The fraction of sp³-hybridized carbons (Fsp3) is 0.667. The number of carbonyl (C=O) groups excluding carboxylic acids is 1. The molecule has 1 N–H and O–H groups in total. The van der Waals surface area contributed by atoms with Crippen LogP contribution in [0.25, 0.3) is 0 Å². The Labute approximate surface area is 162 Å². The Hall–Kier alpha value is -1.63. The lowest BCUT2D eigenvalue weighted by Crippen LogP contribution is -2.40. The highest BCUT2D eigenvalue weighted by Crippen LogP contribution is 2.23. The van der Waals surface area contributed by atoms with Gasteiger partial charge >= 0.3 is 0 Å². The molecule has 27 heavy (non-hydrogen) atoms. The van der Waals surface area contributed by atoms with Gasteiger partial charge in [0, 0.05) is 44.9 Å². The highest BCUT2D eigenvalue weighted by atomic mass is 16.5. The van der Waals surface area contributed by atoms with E-state index in [1.807, 2.05) is 36.1 Å². The Kier molecular flexibility index (Phi) is 7.10. The second kappa shape index (κ2) is 9.53. The Morgan fingerprint density at radius 2 is 1.96 bits per heavy atom. The van der Waals surface area contributed by atoms with E-state index >= 15 is 0 Å². The molecule has 0 bridgehead atoms. The molecule has 6 nitrogen and oxygen atoms in total. The molecule has 1 amide bonds. The molecule has 2 atom stereocenters. The van der Waals surface area contributed by atoms with Crippen LogP contribution in [0.4, 0.5) is 0 Å². The van der Waals surface area contributed by atoms with Gasteiger partial charge in [-0.05, 0) is 31.7 Å². The normalized spacial score (nSPS) is 24.3. The zero-order valence-corrected chi connectivity index (χ0v) is 16.5. The quantitative estimate of drug-likeness (QED) is 0.788. The van der Waals surface area contributed by atoms with E-state index < -0.39 is 6.10 Å². The molecular weight excluding hydrogens is 344 g/mol. The van der Waals surface area contributed by atoms with E-state index in [1.165, 1.54) is 0 Å². The minimum absolute atomic E-state index is 0.0599. The molecule has 0 unspecified atom stereocenters. The molecule has 2 saturated heterocycles. The zero-order chi connectivity index (χ0) is 19.2. The second-order valence-electron chi connectivity index (χ2n) is 7.71. The fourth-order valence-corrected chi connectivity index (χ4v) is 3.84. The van der Waals surface area contributed by atoms with Crippen LogP contribution in [0.2, 0.25) is 0 Å². The Balaban J connectivity index is 1.54. The molecule has 1 aromatic carbocycles. The van der Waals surface area contributed by atoms with Crippen molar-refractivity contribution < 1.29 is 19.4 Å². The van der Waals surface area contributed by atoms with E-state index in [9.17, 15) is 9.90 Å². The second-order valence-corrected chi connectivity index (χ2v) is 7.71. The number of hydrogen-bond donors (Lipinski definition) is 1. The first-order valence-corrected chi connectivity index (χ1v) is 10.1. The lowest BCUT2D eigenvalue weighted by atomic mass is 9.99. The van der Waals surface area contributed by atoms with E-state index in [2.05, 4.69) is 11.8 Å². The average molecular weight is 376 g/mol. The summed E-state index contributed by atoms with van der Waals surface area (Å²) in [6.45, 7) is 8.48. The number of aliphatic hydroxyl groups excluding tert-OH is 1. The van der Waals surface area contributed by atoms with Gasteiger partial charge in [-0.1, -0.05) is 25.1 Å². The van der Waals surface area contributed by atoms with Gasteiger partial charge in [0.05, 0.1) is 12.2 Å². The number of para-hydroxylation sites is 1. The topological polar surface area (TPSA) is 62.2 Å².